The highest BCUT2D eigenvalue weighted by atomic mass is 16.1. The van der Waals surface area contributed by atoms with Crippen LogP contribution in [-0.4, -0.2) is 55.0 Å². The second kappa shape index (κ2) is 7.25. The van der Waals surface area contributed by atoms with Gasteiger partial charge in [-0.3, -0.25) is 9.69 Å². The number of carbonyl (C=O) groups is 1. The van der Waals surface area contributed by atoms with Crippen molar-refractivity contribution in [1.29, 1.82) is 0 Å². The first-order valence-electron chi connectivity index (χ1n) is 8.51. The Kier molecular flexibility index (Phi) is 5.11. The number of rotatable bonds is 4. The van der Waals surface area contributed by atoms with Gasteiger partial charge in [-0.25, -0.2) is 0 Å². The van der Waals surface area contributed by atoms with Crippen LogP contribution in [-0.2, 0) is 6.54 Å². The molecule has 0 radical (unpaired) electrons. The third kappa shape index (κ3) is 4.08. The predicted octanol–water partition coefficient (Wildman–Crippen LogP) is 2.11. The van der Waals surface area contributed by atoms with Gasteiger partial charge in [-0.15, -0.1) is 0 Å². The van der Waals surface area contributed by atoms with Crippen LogP contribution >= 0.6 is 0 Å². The summed E-state index contributed by atoms with van der Waals surface area (Å²) in [4.78, 5) is 17.1. The van der Waals surface area contributed by atoms with Gasteiger partial charge in [-0.1, -0.05) is 12.1 Å². The molecule has 2 saturated heterocycles. The Morgan fingerprint density at radius 3 is 2.36 bits per heavy atom. The Morgan fingerprint density at radius 1 is 1.09 bits per heavy atom. The van der Waals surface area contributed by atoms with Crippen molar-refractivity contribution in [3.8, 4) is 0 Å². The molecule has 0 aromatic heterocycles. The van der Waals surface area contributed by atoms with E-state index in [9.17, 15) is 4.79 Å². The Balaban J connectivity index is 1.51. The minimum absolute atomic E-state index is 0.0716. The number of likely N-dealkylation sites (tertiary alicyclic amines) is 2. The molecule has 22 heavy (non-hydrogen) atoms. The molecule has 1 N–H and O–H groups in total. The van der Waals surface area contributed by atoms with Gasteiger partial charge in [0.15, 0.2) is 0 Å². The van der Waals surface area contributed by atoms with Gasteiger partial charge in [0.25, 0.3) is 5.91 Å². The second-order valence-electron chi connectivity index (χ2n) is 6.73. The summed E-state index contributed by atoms with van der Waals surface area (Å²) in [5.74, 6) is 0.0716. The standard InChI is InChI=1S/C18H27N3O/c1-20-12-8-17(9-13-20)19-18(22)16-6-4-15(5-7-16)14-21-10-2-3-11-21/h4-7,17H,2-3,8-14H2,1H3,(H,19,22). The van der Waals surface area contributed by atoms with Crippen LogP contribution in [0.3, 0.4) is 0 Å². The van der Waals surface area contributed by atoms with Crippen molar-refractivity contribution in [2.75, 3.05) is 33.2 Å². The normalized spacial score (nSPS) is 21.1. The third-order valence-electron chi connectivity index (χ3n) is 4.87. The lowest BCUT2D eigenvalue weighted by atomic mass is 10.0. The zero-order chi connectivity index (χ0) is 15.4. The van der Waals surface area contributed by atoms with E-state index in [1.54, 1.807) is 0 Å². The molecular weight excluding hydrogens is 274 g/mol. The quantitative estimate of drug-likeness (QED) is 0.925. The summed E-state index contributed by atoms with van der Waals surface area (Å²) in [6.07, 6.45) is 4.73. The molecule has 0 saturated carbocycles. The van der Waals surface area contributed by atoms with E-state index in [1.165, 1.54) is 31.5 Å². The highest BCUT2D eigenvalue weighted by Gasteiger charge is 2.19. The van der Waals surface area contributed by atoms with Crippen molar-refractivity contribution >= 4 is 5.91 Å². The monoisotopic (exact) mass is 301 g/mol. The molecule has 2 fully saturated rings. The number of hydrogen-bond acceptors (Lipinski definition) is 3. The van der Waals surface area contributed by atoms with Gasteiger partial charge in [0.2, 0.25) is 0 Å². The molecule has 0 unspecified atom stereocenters. The minimum Gasteiger partial charge on any atom is -0.349 e. The van der Waals surface area contributed by atoms with E-state index in [4.69, 9.17) is 0 Å². The van der Waals surface area contributed by atoms with Crippen LogP contribution in [0.1, 0.15) is 41.6 Å². The van der Waals surface area contributed by atoms with Crippen LogP contribution < -0.4 is 5.32 Å². The number of nitrogens with zero attached hydrogens (tertiary/aromatic N) is 2. The number of carbonyl (C=O) groups excluding carboxylic acids is 1. The predicted molar refractivity (Wildman–Crippen MR) is 88.9 cm³/mol. The number of piperidine rings is 1. The highest BCUT2D eigenvalue weighted by molar-refractivity contribution is 5.94. The number of hydrogen-bond donors (Lipinski definition) is 1. The fourth-order valence-electron chi connectivity index (χ4n) is 3.38. The molecule has 4 nitrogen and oxygen atoms in total. The summed E-state index contributed by atoms with van der Waals surface area (Å²) < 4.78 is 0. The van der Waals surface area contributed by atoms with E-state index in [-0.39, 0.29) is 5.91 Å². The molecular formula is C18H27N3O. The molecule has 4 heteroatoms. The van der Waals surface area contributed by atoms with Crippen LogP contribution in [0.5, 0.6) is 0 Å². The van der Waals surface area contributed by atoms with Crippen molar-refractivity contribution in [1.82, 2.24) is 15.1 Å². The van der Waals surface area contributed by atoms with Crippen molar-refractivity contribution in [2.24, 2.45) is 0 Å². The Labute approximate surface area is 133 Å². The summed E-state index contributed by atoms with van der Waals surface area (Å²) in [5, 5.41) is 3.17. The molecule has 0 spiro atoms. The zero-order valence-electron chi connectivity index (χ0n) is 13.6. The van der Waals surface area contributed by atoms with E-state index < -0.39 is 0 Å². The first-order valence-corrected chi connectivity index (χ1v) is 8.51. The van der Waals surface area contributed by atoms with Crippen molar-refractivity contribution in [3.63, 3.8) is 0 Å². The van der Waals surface area contributed by atoms with Crippen LogP contribution in [0.25, 0.3) is 0 Å². The lowest BCUT2D eigenvalue weighted by molar-refractivity contribution is 0.0917. The summed E-state index contributed by atoms with van der Waals surface area (Å²) >= 11 is 0. The summed E-state index contributed by atoms with van der Waals surface area (Å²) in [6, 6.07) is 8.46. The second-order valence-corrected chi connectivity index (χ2v) is 6.73. The molecule has 3 rings (SSSR count). The maximum Gasteiger partial charge on any atom is 0.251 e. The van der Waals surface area contributed by atoms with Crippen LogP contribution in [0.4, 0.5) is 0 Å². The molecule has 1 aromatic rings. The lowest BCUT2D eigenvalue weighted by Crippen LogP contribution is -2.43. The summed E-state index contributed by atoms with van der Waals surface area (Å²) in [5.41, 5.74) is 2.09. The molecule has 1 amide bonds. The smallest absolute Gasteiger partial charge is 0.251 e. The first kappa shape index (κ1) is 15.5. The maximum atomic E-state index is 12.3. The van der Waals surface area contributed by atoms with E-state index in [0.29, 0.717) is 6.04 Å². The Hall–Kier alpha value is -1.39. The minimum atomic E-state index is 0.0716. The van der Waals surface area contributed by atoms with E-state index in [2.05, 4.69) is 34.3 Å². The fraction of sp³-hybridized carbons (Fsp3) is 0.611. The SMILES string of the molecule is CN1CCC(NC(=O)c2ccc(CN3CCCC3)cc2)CC1. The summed E-state index contributed by atoms with van der Waals surface area (Å²) in [6.45, 7) is 5.56. The van der Waals surface area contributed by atoms with Gasteiger partial charge >= 0.3 is 0 Å². The largest absolute Gasteiger partial charge is 0.349 e. The molecule has 2 aliphatic heterocycles. The van der Waals surface area contributed by atoms with Crippen LogP contribution in [0.2, 0.25) is 0 Å². The average Bonchev–Trinajstić information content (AvgIpc) is 3.03. The molecule has 0 bridgehead atoms. The Morgan fingerprint density at radius 2 is 1.73 bits per heavy atom. The van der Waals surface area contributed by atoms with Crippen molar-refractivity contribution < 1.29 is 4.79 Å². The molecule has 120 valence electrons. The van der Waals surface area contributed by atoms with Crippen LogP contribution in [0.15, 0.2) is 24.3 Å². The van der Waals surface area contributed by atoms with Gasteiger partial charge in [-0.2, -0.15) is 0 Å². The molecule has 0 aliphatic carbocycles. The van der Waals surface area contributed by atoms with Gasteiger partial charge in [0.05, 0.1) is 0 Å². The highest BCUT2D eigenvalue weighted by Crippen LogP contribution is 2.14. The third-order valence-corrected chi connectivity index (χ3v) is 4.87. The number of nitrogens with one attached hydrogen (secondary N) is 1. The van der Waals surface area contributed by atoms with E-state index in [1.807, 2.05) is 12.1 Å². The summed E-state index contributed by atoms with van der Waals surface area (Å²) in [7, 11) is 2.14. The number of benzene rings is 1. The molecule has 2 heterocycles. The van der Waals surface area contributed by atoms with E-state index >= 15 is 0 Å². The van der Waals surface area contributed by atoms with E-state index in [0.717, 1.165) is 38.0 Å². The number of amides is 1. The topological polar surface area (TPSA) is 35.6 Å². The van der Waals surface area contributed by atoms with Gasteiger partial charge in [0, 0.05) is 18.2 Å². The molecule has 1 aromatic carbocycles. The van der Waals surface area contributed by atoms with Gasteiger partial charge in [-0.05, 0) is 76.6 Å². The zero-order valence-corrected chi connectivity index (χ0v) is 13.6. The van der Waals surface area contributed by atoms with Crippen molar-refractivity contribution in [3.05, 3.63) is 35.4 Å². The van der Waals surface area contributed by atoms with Crippen LogP contribution in [0, 0.1) is 0 Å². The van der Waals surface area contributed by atoms with Gasteiger partial charge in [0.1, 0.15) is 0 Å². The lowest BCUT2D eigenvalue weighted by Gasteiger charge is -2.29. The van der Waals surface area contributed by atoms with Gasteiger partial charge < -0.3 is 10.2 Å². The molecule has 0 atom stereocenters. The molecule has 2 aliphatic rings. The Bertz CT molecular complexity index is 486. The maximum absolute atomic E-state index is 12.3. The van der Waals surface area contributed by atoms with Crippen molar-refractivity contribution in [2.45, 2.75) is 38.3 Å². The fourth-order valence-corrected chi connectivity index (χ4v) is 3.38. The average molecular weight is 301 g/mol. The first-order chi connectivity index (χ1) is 10.7.